The molecule has 0 fully saturated rings. The van der Waals surface area contributed by atoms with E-state index in [0.717, 1.165) is 21.4 Å². The zero-order valence-corrected chi connectivity index (χ0v) is 14.4. The lowest BCUT2D eigenvalue weighted by Crippen LogP contribution is -2.02. The summed E-state index contributed by atoms with van der Waals surface area (Å²) in [6.07, 6.45) is 0. The van der Waals surface area contributed by atoms with Gasteiger partial charge in [-0.3, -0.25) is 5.43 Å². The first-order valence-corrected chi connectivity index (χ1v) is 8.23. The molecule has 24 heavy (non-hydrogen) atoms. The van der Waals surface area contributed by atoms with Crippen LogP contribution in [0.3, 0.4) is 0 Å². The molecule has 0 aliphatic carbocycles. The van der Waals surface area contributed by atoms with Crippen LogP contribution in [-0.4, -0.2) is 5.84 Å². The molecule has 118 valence electrons. The van der Waals surface area contributed by atoms with Gasteiger partial charge in [-0.15, -0.1) is 10.2 Å². The van der Waals surface area contributed by atoms with Gasteiger partial charge in [0.15, 0.2) is 0 Å². The highest BCUT2D eigenvalue weighted by Crippen LogP contribution is 2.19. The Kier molecular flexibility index (Phi) is 5.48. The number of nitrogens with one attached hydrogen (secondary N) is 1. The van der Waals surface area contributed by atoms with Crippen molar-refractivity contribution in [3.63, 3.8) is 0 Å². The van der Waals surface area contributed by atoms with Gasteiger partial charge in [-0.1, -0.05) is 64.5 Å². The average Bonchev–Trinajstić information content (AvgIpc) is 2.64. The van der Waals surface area contributed by atoms with Gasteiger partial charge in [-0.25, -0.2) is 0 Å². The van der Waals surface area contributed by atoms with Gasteiger partial charge in [0.2, 0.25) is 5.84 Å². The van der Waals surface area contributed by atoms with Crippen molar-refractivity contribution in [3.8, 4) is 0 Å². The van der Waals surface area contributed by atoms with Gasteiger partial charge in [0.1, 0.15) is 0 Å². The second-order valence-corrected chi connectivity index (χ2v) is 5.78. The fraction of sp³-hybridized carbons (Fsp3) is 0. The summed E-state index contributed by atoms with van der Waals surface area (Å²) in [5, 5.41) is 13.0. The highest BCUT2D eigenvalue weighted by Gasteiger charge is 2.07. The Balaban J connectivity index is 1.92. The summed E-state index contributed by atoms with van der Waals surface area (Å²) in [4.78, 5) is 0. The smallest absolute Gasteiger partial charge is 0.202 e. The maximum atomic E-state index is 4.42. The van der Waals surface area contributed by atoms with E-state index in [9.17, 15) is 0 Å². The maximum Gasteiger partial charge on any atom is 0.202 e. The van der Waals surface area contributed by atoms with Crippen LogP contribution in [0.1, 0.15) is 5.56 Å². The number of rotatable bonds is 4. The molecular weight excluding hydrogens is 364 g/mol. The zero-order valence-electron chi connectivity index (χ0n) is 12.8. The SMILES string of the molecule is Brc1ccccc1/C(N=Nc1ccccc1)=N/Nc1ccccc1. The van der Waals surface area contributed by atoms with Crippen LogP contribution in [0.15, 0.2) is 105 Å². The lowest BCUT2D eigenvalue weighted by Gasteiger charge is -2.05. The van der Waals surface area contributed by atoms with Crippen molar-refractivity contribution in [2.24, 2.45) is 15.3 Å². The van der Waals surface area contributed by atoms with E-state index < -0.39 is 0 Å². The Morgan fingerprint density at radius 3 is 2.08 bits per heavy atom. The van der Waals surface area contributed by atoms with E-state index in [2.05, 4.69) is 36.7 Å². The molecule has 3 aromatic rings. The Morgan fingerprint density at radius 1 is 0.750 bits per heavy atom. The number of hydrazone groups is 1. The van der Waals surface area contributed by atoms with Crippen molar-refractivity contribution in [3.05, 3.63) is 95.0 Å². The van der Waals surface area contributed by atoms with E-state index in [4.69, 9.17) is 0 Å². The number of nitrogens with zero attached hydrogens (tertiary/aromatic N) is 3. The third kappa shape index (κ3) is 4.36. The van der Waals surface area contributed by atoms with E-state index in [-0.39, 0.29) is 0 Å². The van der Waals surface area contributed by atoms with Crippen LogP contribution in [0, 0.1) is 0 Å². The van der Waals surface area contributed by atoms with Crippen LogP contribution >= 0.6 is 15.9 Å². The van der Waals surface area contributed by atoms with Crippen LogP contribution in [0.2, 0.25) is 0 Å². The Morgan fingerprint density at radius 2 is 1.38 bits per heavy atom. The Labute approximate surface area is 149 Å². The molecule has 0 aliphatic heterocycles. The zero-order chi connectivity index (χ0) is 16.6. The topological polar surface area (TPSA) is 49.1 Å². The lowest BCUT2D eigenvalue weighted by molar-refractivity contribution is 1.22. The number of azo groups is 1. The molecule has 0 heterocycles. The molecule has 0 saturated carbocycles. The number of hydrogen-bond donors (Lipinski definition) is 1. The second-order valence-electron chi connectivity index (χ2n) is 4.93. The van der Waals surface area contributed by atoms with Gasteiger partial charge in [-0.2, -0.15) is 5.10 Å². The molecule has 0 spiro atoms. The molecule has 0 unspecified atom stereocenters. The van der Waals surface area contributed by atoms with Crippen LogP contribution in [-0.2, 0) is 0 Å². The lowest BCUT2D eigenvalue weighted by atomic mass is 10.2. The van der Waals surface area contributed by atoms with E-state index in [0.29, 0.717) is 5.84 Å². The predicted octanol–water partition coefficient (Wildman–Crippen LogP) is 6.01. The molecule has 0 aromatic heterocycles. The quantitative estimate of drug-likeness (QED) is 0.257. The highest BCUT2D eigenvalue weighted by atomic mass is 79.9. The minimum absolute atomic E-state index is 0.496. The Hall–Kier alpha value is -2.79. The monoisotopic (exact) mass is 378 g/mol. The summed E-state index contributed by atoms with van der Waals surface area (Å²) in [5.41, 5.74) is 5.54. The largest absolute Gasteiger partial charge is 0.276 e. The molecule has 5 heteroatoms. The minimum atomic E-state index is 0.496. The molecule has 0 aliphatic rings. The van der Waals surface area contributed by atoms with Gasteiger partial charge < -0.3 is 0 Å². The van der Waals surface area contributed by atoms with Crippen LogP contribution < -0.4 is 5.43 Å². The van der Waals surface area contributed by atoms with E-state index in [1.807, 2.05) is 84.9 Å². The molecule has 1 N–H and O–H groups in total. The van der Waals surface area contributed by atoms with Crippen molar-refractivity contribution in [2.45, 2.75) is 0 Å². The summed E-state index contributed by atoms with van der Waals surface area (Å²) in [7, 11) is 0. The van der Waals surface area contributed by atoms with E-state index >= 15 is 0 Å². The first kappa shape index (κ1) is 16.1. The summed E-state index contributed by atoms with van der Waals surface area (Å²) < 4.78 is 0.908. The molecule has 0 amide bonds. The fourth-order valence-electron chi connectivity index (χ4n) is 2.01. The second kappa shape index (κ2) is 8.17. The van der Waals surface area contributed by atoms with Gasteiger partial charge in [0, 0.05) is 10.0 Å². The van der Waals surface area contributed by atoms with Crippen molar-refractivity contribution >= 4 is 33.1 Å². The number of anilines is 1. The van der Waals surface area contributed by atoms with Crippen molar-refractivity contribution < 1.29 is 0 Å². The molecule has 0 atom stereocenters. The predicted molar refractivity (Wildman–Crippen MR) is 102 cm³/mol. The Bertz CT molecular complexity index is 846. The third-order valence-electron chi connectivity index (χ3n) is 3.20. The molecular formula is C19H15BrN4. The van der Waals surface area contributed by atoms with Gasteiger partial charge >= 0.3 is 0 Å². The van der Waals surface area contributed by atoms with E-state index in [1.165, 1.54) is 0 Å². The third-order valence-corrected chi connectivity index (χ3v) is 3.89. The first-order valence-electron chi connectivity index (χ1n) is 7.43. The van der Waals surface area contributed by atoms with Gasteiger partial charge in [0.25, 0.3) is 0 Å². The van der Waals surface area contributed by atoms with Crippen LogP contribution in [0.5, 0.6) is 0 Å². The van der Waals surface area contributed by atoms with Gasteiger partial charge in [0.05, 0.1) is 11.4 Å². The summed E-state index contributed by atoms with van der Waals surface area (Å²) in [6, 6.07) is 27.1. The standard InChI is InChI=1S/C19H15BrN4/c20-18-14-8-7-13-17(18)19(23-21-15-9-3-1-4-10-15)24-22-16-11-5-2-6-12-16/h1-14,21H/b23-19-,24-22?. The molecule has 3 rings (SSSR count). The number of halogens is 1. The molecule has 0 bridgehead atoms. The molecule has 3 aromatic carbocycles. The summed E-state index contributed by atoms with van der Waals surface area (Å²) in [6.45, 7) is 0. The molecule has 0 radical (unpaired) electrons. The summed E-state index contributed by atoms with van der Waals surface area (Å²) >= 11 is 3.54. The van der Waals surface area contributed by atoms with Gasteiger partial charge in [-0.05, 0) is 36.4 Å². The number of hydrogen-bond acceptors (Lipinski definition) is 3. The maximum absolute atomic E-state index is 4.42. The van der Waals surface area contributed by atoms with Crippen LogP contribution in [0.4, 0.5) is 11.4 Å². The van der Waals surface area contributed by atoms with Crippen molar-refractivity contribution in [1.29, 1.82) is 0 Å². The van der Waals surface area contributed by atoms with Crippen LogP contribution in [0.25, 0.3) is 0 Å². The average molecular weight is 379 g/mol. The number of para-hydroxylation sites is 1. The van der Waals surface area contributed by atoms with Crippen molar-refractivity contribution in [1.82, 2.24) is 0 Å². The van der Waals surface area contributed by atoms with Crippen molar-refractivity contribution in [2.75, 3.05) is 5.43 Å². The number of benzene rings is 3. The fourth-order valence-corrected chi connectivity index (χ4v) is 2.47. The first-order chi connectivity index (χ1) is 11.8. The van der Waals surface area contributed by atoms with E-state index in [1.54, 1.807) is 0 Å². The highest BCUT2D eigenvalue weighted by molar-refractivity contribution is 9.10. The number of amidine groups is 1. The molecule has 0 saturated heterocycles. The molecule has 4 nitrogen and oxygen atoms in total. The summed E-state index contributed by atoms with van der Waals surface area (Å²) in [5.74, 6) is 0.496. The normalized spacial score (nSPS) is 11.6. The minimum Gasteiger partial charge on any atom is -0.276 e.